The van der Waals surface area contributed by atoms with Gasteiger partial charge >= 0.3 is 13.3 Å². The molecule has 2 unspecified atom stereocenters. The van der Waals surface area contributed by atoms with E-state index in [9.17, 15) is 66.3 Å². The van der Waals surface area contributed by atoms with Crippen LogP contribution in [0.1, 0.15) is 99.6 Å². The Morgan fingerprint density at radius 1 is 0.920 bits per heavy atom. The number of fused-ring (bicyclic) bond motifs is 2. The Kier molecular flexibility index (Phi) is 15.5. The summed E-state index contributed by atoms with van der Waals surface area (Å²) in [7, 11) is -5.88. The highest BCUT2D eigenvalue weighted by atomic mass is 32.1. The lowest BCUT2D eigenvalue weighted by atomic mass is 9.85. The number of imide groups is 2. The smallest absolute Gasteiger partial charge is 0.370 e. The average Bonchev–Trinajstić information content (AvgIpc) is 3.92. The van der Waals surface area contributed by atoms with Crippen LogP contribution < -0.4 is 16.0 Å². The molecule has 0 bridgehead atoms. The third-order valence-electron chi connectivity index (χ3n) is 13.3. The van der Waals surface area contributed by atoms with E-state index in [1.807, 2.05) is 30.3 Å². The topological polar surface area (TPSA) is 269 Å². The van der Waals surface area contributed by atoms with E-state index in [0.717, 1.165) is 33.9 Å². The fraction of sp³-hybridized carbons (Fsp3) is 0.392. The summed E-state index contributed by atoms with van der Waals surface area (Å²) in [4.78, 5) is 145. The molecule has 75 heavy (non-hydrogen) atoms. The molecule has 0 radical (unpaired) electrons. The molecule has 3 fully saturated rings. The number of alkyl halides is 2. The first-order chi connectivity index (χ1) is 35.4. The van der Waals surface area contributed by atoms with E-state index in [4.69, 9.17) is 4.74 Å². The van der Waals surface area contributed by atoms with E-state index < -0.39 is 108 Å². The van der Waals surface area contributed by atoms with Gasteiger partial charge in [-0.2, -0.15) is 8.78 Å². The first kappa shape index (κ1) is 54.1. The van der Waals surface area contributed by atoms with Crippen molar-refractivity contribution < 1.29 is 71.0 Å². The van der Waals surface area contributed by atoms with E-state index >= 15 is 0 Å². The molecule has 5 N–H and O–H groups in total. The van der Waals surface area contributed by atoms with Gasteiger partial charge < -0.3 is 39.9 Å². The zero-order chi connectivity index (χ0) is 54.1. The van der Waals surface area contributed by atoms with Gasteiger partial charge in [-0.1, -0.05) is 75.1 Å². The predicted molar refractivity (Wildman–Crippen MR) is 265 cm³/mol. The normalized spacial score (nSPS) is 19.7. The quantitative estimate of drug-likeness (QED) is 0.0449. The Morgan fingerprint density at radius 2 is 1.67 bits per heavy atom. The molecule has 8 rings (SSSR count). The maximum absolute atomic E-state index is 14.8. The molecule has 20 nitrogen and oxygen atoms in total. The molecule has 4 aliphatic rings. The second-order valence-electron chi connectivity index (χ2n) is 19.4. The van der Waals surface area contributed by atoms with Gasteiger partial charge in [-0.15, -0.1) is 11.3 Å². The summed E-state index contributed by atoms with van der Waals surface area (Å²) in [5, 5.41) is 7.66. The number of piperidine rings is 1. The third-order valence-corrected chi connectivity index (χ3v) is 15.4. The second kappa shape index (κ2) is 21.6. The molecule has 4 aliphatic heterocycles. The molecule has 4 aromatic rings. The first-order valence-corrected chi connectivity index (χ1v) is 26.3. The van der Waals surface area contributed by atoms with Crippen molar-refractivity contribution in [3.05, 3.63) is 105 Å². The number of nitrogens with one attached hydrogen (secondary N) is 3. The van der Waals surface area contributed by atoms with Gasteiger partial charge in [0.05, 0.1) is 35.7 Å². The van der Waals surface area contributed by atoms with Crippen molar-refractivity contribution in [2.24, 2.45) is 5.41 Å². The van der Waals surface area contributed by atoms with Crippen molar-refractivity contribution in [3.63, 3.8) is 0 Å². The lowest BCUT2D eigenvalue weighted by Gasteiger charge is -2.45. The Bertz CT molecular complexity index is 3130. The number of nitrogens with zero attached hydrogens (tertiary/aromatic N) is 4. The van der Waals surface area contributed by atoms with Crippen molar-refractivity contribution in [2.45, 2.75) is 76.3 Å². The number of hydrogen-bond donors (Lipinski definition) is 5. The van der Waals surface area contributed by atoms with E-state index in [1.54, 1.807) is 25.7 Å². The second-order valence-corrected chi connectivity index (χ2v) is 22.1. The van der Waals surface area contributed by atoms with Crippen LogP contribution in [-0.4, -0.2) is 147 Å². The van der Waals surface area contributed by atoms with Gasteiger partial charge in [0.25, 0.3) is 17.7 Å². The molecular weight excluding hydrogens is 1020 g/mol. The number of hydrogen-bond acceptors (Lipinski definition) is 12. The number of carbonyl (C=O) groups excluding carboxylic acids is 9. The van der Waals surface area contributed by atoms with E-state index in [-0.39, 0.29) is 92.1 Å². The van der Waals surface area contributed by atoms with Crippen molar-refractivity contribution >= 4 is 82.2 Å². The summed E-state index contributed by atoms with van der Waals surface area (Å²) in [6, 6.07) is 14.3. The molecule has 3 aromatic carbocycles. The summed E-state index contributed by atoms with van der Waals surface area (Å²) < 4.78 is 47.1. The molecule has 3 saturated heterocycles. The maximum atomic E-state index is 14.8. The number of thiophene rings is 1. The third kappa shape index (κ3) is 11.4. The van der Waals surface area contributed by atoms with Crippen LogP contribution in [0.2, 0.25) is 0 Å². The first-order valence-electron chi connectivity index (χ1n) is 23.9. The van der Waals surface area contributed by atoms with Crippen molar-refractivity contribution in [3.8, 4) is 11.8 Å². The minimum atomic E-state index is -5.88. The summed E-state index contributed by atoms with van der Waals surface area (Å²) in [6.07, 6.45) is -1.10. The number of piperazine rings is 1. The average molecular weight is 1070 g/mol. The SMILES string of the molecule is CC(C)(C)C(NC(=O)c1cc2cc(C(F)(F)P(=O)(O)O)ccc2s1)C(=O)N1CCN(C(=O)CC(=O)NCCC#Cc2cccc3c2C(=O)N(C2CCC(=O)NC2=O)C3=O)C[C@H]1C(=O)N1CCO[C@H](c2ccccc2)C1. The minimum Gasteiger partial charge on any atom is -0.370 e. The lowest BCUT2D eigenvalue weighted by molar-refractivity contribution is -0.158. The summed E-state index contributed by atoms with van der Waals surface area (Å²) in [5.41, 5.74) is -5.30. The van der Waals surface area contributed by atoms with Crippen LogP contribution in [0.3, 0.4) is 0 Å². The van der Waals surface area contributed by atoms with E-state index in [1.165, 1.54) is 40.1 Å². The molecule has 0 saturated carbocycles. The zero-order valence-electron chi connectivity index (χ0n) is 40.8. The van der Waals surface area contributed by atoms with Gasteiger partial charge in [0.1, 0.15) is 30.7 Å². The zero-order valence-corrected chi connectivity index (χ0v) is 42.5. The molecule has 4 atom stereocenters. The summed E-state index contributed by atoms with van der Waals surface area (Å²) in [5.74, 6) is -0.151. The van der Waals surface area contributed by atoms with Crippen LogP contribution in [0.25, 0.3) is 10.1 Å². The number of benzene rings is 3. The monoisotopic (exact) mass is 1070 g/mol. The lowest BCUT2D eigenvalue weighted by Crippen LogP contribution is -2.66. The van der Waals surface area contributed by atoms with Crippen LogP contribution in [0, 0.1) is 17.3 Å². The number of carbonyl (C=O) groups is 9. The van der Waals surface area contributed by atoms with Gasteiger partial charge in [0, 0.05) is 54.8 Å². The van der Waals surface area contributed by atoms with E-state index in [2.05, 4.69) is 27.8 Å². The Hall–Kier alpha value is -7.22. The van der Waals surface area contributed by atoms with E-state index in [0.29, 0.717) is 4.70 Å². The predicted octanol–water partition coefficient (Wildman–Crippen LogP) is 3.26. The van der Waals surface area contributed by atoms with Gasteiger partial charge in [0.15, 0.2) is 0 Å². The summed E-state index contributed by atoms with van der Waals surface area (Å²) >= 11 is 0.905. The maximum Gasteiger partial charge on any atom is 0.399 e. The molecule has 0 aliphatic carbocycles. The molecular formula is C51H52F2N7O13PS. The fourth-order valence-electron chi connectivity index (χ4n) is 9.29. The highest BCUT2D eigenvalue weighted by molar-refractivity contribution is 7.52. The Balaban J connectivity index is 0.942. The number of rotatable bonds is 12. The van der Waals surface area contributed by atoms with Crippen LogP contribution in [0.5, 0.6) is 0 Å². The standard InChI is InChI=1S/C51H52F2N7O13PS/c1-50(2,3)43(56-45(65)38-25-31-24-32(15-17-37(31)75-38)51(52,53)74(70,71)72)49(69)59-21-20-57(27-35(59)47(67)58-22-23-73-36(28-58)29-10-5-4-6-11-29)41(63)26-40(62)54-19-8-7-12-30-13-9-14-33-42(30)48(68)60(46(33)66)34-16-18-39(61)55-44(34)64/h4-6,9-11,13-15,17,24-25,34-36,43H,8,16,18-23,26-28H2,1-3H3,(H,54,62)(H,56,65)(H,55,61,64)(H2,70,71,72)/t34?,35-,36-,43?/m0/s1. The van der Waals surface area contributed by atoms with Crippen molar-refractivity contribution in [1.29, 1.82) is 0 Å². The number of morpholine rings is 1. The highest BCUT2D eigenvalue weighted by Gasteiger charge is 2.51. The largest absolute Gasteiger partial charge is 0.399 e. The van der Waals surface area contributed by atoms with Gasteiger partial charge in [0.2, 0.25) is 35.4 Å². The van der Waals surface area contributed by atoms with Crippen molar-refractivity contribution in [2.75, 3.05) is 45.9 Å². The number of ether oxygens (including phenoxy) is 1. The summed E-state index contributed by atoms with van der Waals surface area (Å²) in [6.45, 7) is 4.96. The van der Waals surface area contributed by atoms with Crippen LogP contribution in [-0.2, 0) is 43.7 Å². The van der Waals surface area contributed by atoms with Crippen LogP contribution >= 0.6 is 18.9 Å². The van der Waals surface area contributed by atoms with Gasteiger partial charge in [-0.3, -0.25) is 57.9 Å². The molecule has 394 valence electrons. The molecule has 24 heteroatoms. The highest BCUT2D eigenvalue weighted by Crippen LogP contribution is 2.59. The van der Waals surface area contributed by atoms with Gasteiger partial charge in [-0.25, -0.2) is 0 Å². The Morgan fingerprint density at radius 3 is 2.37 bits per heavy atom. The molecule has 0 spiro atoms. The molecule has 5 heterocycles. The van der Waals surface area contributed by atoms with Crippen LogP contribution in [0.4, 0.5) is 8.78 Å². The minimum absolute atomic E-state index is 0.00552. The van der Waals surface area contributed by atoms with Crippen molar-refractivity contribution in [1.82, 2.24) is 35.6 Å². The Labute approximate surface area is 432 Å². The number of amides is 9. The van der Waals surface area contributed by atoms with Gasteiger partial charge in [-0.05, 0) is 53.1 Å². The molecule has 1 aromatic heterocycles. The van der Waals surface area contributed by atoms with Crippen LogP contribution in [0.15, 0.2) is 72.8 Å². The number of halogens is 2. The fourth-order valence-corrected chi connectivity index (χ4v) is 10.7. The molecule has 9 amide bonds.